The summed E-state index contributed by atoms with van der Waals surface area (Å²) in [5.74, 6) is -0.132. The molecule has 17 heavy (non-hydrogen) atoms. The van der Waals surface area contributed by atoms with Gasteiger partial charge in [-0.05, 0) is 6.42 Å². The topological polar surface area (TPSA) is 65.4 Å². The fourth-order valence-electron chi connectivity index (χ4n) is 1.26. The van der Waals surface area contributed by atoms with Crippen molar-refractivity contribution in [1.29, 1.82) is 0 Å². The molecule has 1 rings (SSSR count). The van der Waals surface area contributed by atoms with Crippen LogP contribution in [0.5, 0.6) is 5.75 Å². The van der Waals surface area contributed by atoms with E-state index >= 15 is 0 Å². The highest BCUT2D eigenvalue weighted by atomic mass is 35.5. The van der Waals surface area contributed by atoms with Gasteiger partial charge in [-0.25, -0.2) is 0 Å². The van der Waals surface area contributed by atoms with E-state index in [1.807, 2.05) is 6.92 Å². The summed E-state index contributed by atoms with van der Waals surface area (Å²) in [5.41, 5.74) is -0.443. The van der Waals surface area contributed by atoms with Crippen LogP contribution in [0.25, 0.3) is 0 Å². The summed E-state index contributed by atoms with van der Waals surface area (Å²) >= 11 is 5.76. The predicted molar refractivity (Wildman–Crippen MR) is 66.1 cm³/mol. The Kier molecular flexibility index (Phi) is 4.59. The maximum Gasteiger partial charge on any atom is 0.306 e. The maximum atomic E-state index is 11.7. The standard InChI is InChI=1S/C10H14ClNO4S/c1-3-4-6-12-7-5-8(9(11)10(12)13)16-17(2,14)15/h5,7H,3-4,6H2,1-2H3. The van der Waals surface area contributed by atoms with E-state index in [0.29, 0.717) is 6.54 Å². The number of unbranched alkanes of at least 4 members (excludes halogenated alkanes) is 1. The fraction of sp³-hybridized carbons (Fsp3) is 0.500. The molecular formula is C10H14ClNO4S. The molecule has 0 atom stereocenters. The van der Waals surface area contributed by atoms with Crippen molar-refractivity contribution in [2.75, 3.05) is 6.26 Å². The summed E-state index contributed by atoms with van der Waals surface area (Å²) in [7, 11) is -3.68. The minimum atomic E-state index is -3.68. The zero-order valence-electron chi connectivity index (χ0n) is 9.64. The average molecular weight is 280 g/mol. The van der Waals surface area contributed by atoms with Crippen molar-refractivity contribution in [3.05, 3.63) is 27.6 Å². The van der Waals surface area contributed by atoms with Crippen LogP contribution >= 0.6 is 11.6 Å². The molecule has 0 aliphatic rings. The quantitative estimate of drug-likeness (QED) is 0.769. The Morgan fingerprint density at radius 1 is 1.47 bits per heavy atom. The maximum absolute atomic E-state index is 11.7. The lowest BCUT2D eigenvalue weighted by Gasteiger charge is -2.08. The first-order valence-electron chi connectivity index (χ1n) is 5.13. The van der Waals surface area contributed by atoms with E-state index in [1.54, 1.807) is 0 Å². The largest absolute Gasteiger partial charge is 0.381 e. The van der Waals surface area contributed by atoms with Crippen molar-refractivity contribution >= 4 is 21.7 Å². The molecule has 7 heteroatoms. The number of aryl methyl sites for hydroxylation is 1. The second-order valence-electron chi connectivity index (χ2n) is 3.63. The fourth-order valence-corrected chi connectivity index (χ4v) is 1.98. The highest BCUT2D eigenvalue weighted by molar-refractivity contribution is 7.86. The van der Waals surface area contributed by atoms with Gasteiger partial charge in [0.05, 0.1) is 6.26 Å². The van der Waals surface area contributed by atoms with Crippen molar-refractivity contribution in [3.63, 3.8) is 0 Å². The average Bonchev–Trinajstić information content (AvgIpc) is 2.22. The van der Waals surface area contributed by atoms with Gasteiger partial charge in [0.15, 0.2) is 5.75 Å². The molecule has 0 spiro atoms. The number of hydrogen-bond donors (Lipinski definition) is 0. The number of hydrogen-bond acceptors (Lipinski definition) is 4. The number of rotatable bonds is 5. The third-order valence-corrected chi connectivity index (χ3v) is 2.89. The van der Waals surface area contributed by atoms with Crippen LogP contribution in [0.2, 0.25) is 5.02 Å². The molecular weight excluding hydrogens is 266 g/mol. The minimum Gasteiger partial charge on any atom is -0.381 e. The first-order valence-corrected chi connectivity index (χ1v) is 7.33. The summed E-state index contributed by atoms with van der Waals surface area (Å²) in [5, 5.41) is -0.214. The molecule has 96 valence electrons. The lowest BCUT2D eigenvalue weighted by atomic mass is 10.3. The van der Waals surface area contributed by atoms with Gasteiger partial charge < -0.3 is 8.75 Å². The molecule has 0 fully saturated rings. The Hall–Kier alpha value is -1.01. The molecule has 0 bridgehead atoms. The predicted octanol–water partition coefficient (Wildman–Crippen LogP) is 1.64. The highest BCUT2D eigenvalue weighted by Gasteiger charge is 2.13. The third-order valence-electron chi connectivity index (χ3n) is 2.06. The molecule has 0 aliphatic carbocycles. The molecule has 1 heterocycles. The molecule has 0 N–H and O–H groups in total. The van der Waals surface area contributed by atoms with E-state index in [0.717, 1.165) is 19.1 Å². The Bertz CT molecular complexity index is 550. The monoisotopic (exact) mass is 279 g/mol. The van der Waals surface area contributed by atoms with E-state index in [9.17, 15) is 13.2 Å². The lowest BCUT2D eigenvalue weighted by Crippen LogP contribution is -2.21. The van der Waals surface area contributed by atoms with E-state index in [-0.39, 0.29) is 10.8 Å². The second kappa shape index (κ2) is 5.55. The molecule has 0 saturated carbocycles. The van der Waals surface area contributed by atoms with Crippen LogP contribution in [0.1, 0.15) is 19.8 Å². The van der Waals surface area contributed by atoms with Crippen molar-refractivity contribution in [1.82, 2.24) is 4.57 Å². The molecule has 1 aromatic rings. The lowest BCUT2D eigenvalue weighted by molar-refractivity contribution is 0.490. The Morgan fingerprint density at radius 2 is 2.12 bits per heavy atom. The zero-order chi connectivity index (χ0) is 13.1. The number of halogens is 1. The van der Waals surface area contributed by atoms with Crippen LogP contribution in [0.4, 0.5) is 0 Å². The summed E-state index contributed by atoms with van der Waals surface area (Å²) < 4.78 is 27.9. The molecule has 5 nitrogen and oxygen atoms in total. The molecule has 1 aromatic heterocycles. The van der Waals surface area contributed by atoms with Crippen molar-refractivity contribution < 1.29 is 12.6 Å². The molecule has 0 saturated heterocycles. The number of pyridine rings is 1. The van der Waals surface area contributed by atoms with Crippen molar-refractivity contribution in [3.8, 4) is 5.75 Å². The Labute approximate surface area is 105 Å². The van der Waals surface area contributed by atoms with Gasteiger partial charge in [-0.2, -0.15) is 8.42 Å². The van der Waals surface area contributed by atoms with E-state index in [1.165, 1.54) is 16.8 Å². The summed E-state index contributed by atoms with van der Waals surface area (Å²) in [6.45, 7) is 2.56. The third kappa shape index (κ3) is 4.05. The Morgan fingerprint density at radius 3 is 2.65 bits per heavy atom. The van der Waals surface area contributed by atoms with Crippen molar-refractivity contribution in [2.45, 2.75) is 26.3 Å². The summed E-state index contributed by atoms with van der Waals surface area (Å²) in [4.78, 5) is 11.7. The van der Waals surface area contributed by atoms with Crippen LogP contribution in [-0.2, 0) is 16.7 Å². The SMILES string of the molecule is CCCCn1ccc(OS(C)(=O)=O)c(Cl)c1=O. The first-order chi connectivity index (χ1) is 7.85. The van der Waals surface area contributed by atoms with Crippen LogP contribution in [0.3, 0.4) is 0 Å². The minimum absolute atomic E-state index is 0.132. The number of nitrogens with zero attached hydrogens (tertiary/aromatic N) is 1. The second-order valence-corrected chi connectivity index (χ2v) is 5.59. The smallest absolute Gasteiger partial charge is 0.306 e. The Balaban J connectivity index is 3.07. The van der Waals surface area contributed by atoms with Gasteiger partial charge in [0.1, 0.15) is 5.02 Å². The van der Waals surface area contributed by atoms with Crippen LogP contribution in [-0.4, -0.2) is 19.2 Å². The van der Waals surface area contributed by atoms with Gasteiger partial charge >= 0.3 is 10.1 Å². The van der Waals surface area contributed by atoms with Crippen LogP contribution in [0.15, 0.2) is 17.1 Å². The van der Waals surface area contributed by atoms with Gasteiger partial charge in [-0.15, -0.1) is 0 Å². The summed E-state index contributed by atoms with van der Waals surface area (Å²) in [6.07, 6.45) is 4.17. The molecule has 0 aliphatic heterocycles. The highest BCUT2D eigenvalue weighted by Crippen LogP contribution is 2.20. The van der Waals surface area contributed by atoms with Crippen molar-refractivity contribution in [2.24, 2.45) is 0 Å². The zero-order valence-corrected chi connectivity index (χ0v) is 11.2. The van der Waals surface area contributed by atoms with E-state index < -0.39 is 15.7 Å². The molecule has 0 radical (unpaired) electrons. The normalized spacial score (nSPS) is 11.5. The number of aromatic nitrogens is 1. The molecule has 0 unspecified atom stereocenters. The van der Waals surface area contributed by atoms with Gasteiger partial charge in [0, 0.05) is 18.8 Å². The first kappa shape index (κ1) is 14.1. The molecule has 0 aromatic carbocycles. The van der Waals surface area contributed by atoms with E-state index in [4.69, 9.17) is 11.6 Å². The van der Waals surface area contributed by atoms with Gasteiger partial charge in [-0.3, -0.25) is 4.79 Å². The van der Waals surface area contributed by atoms with Gasteiger partial charge in [0.2, 0.25) is 0 Å². The van der Waals surface area contributed by atoms with Crippen LogP contribution < -0.4 is 9.74 Å². The van der Waals surface area contributed by atoms with Gasteiger partial charge in [0.25, 0.3) is 5.56 Å². The van der Waals surface area contributed by atoms with Gasteiger partial charge in [-0.1, -0.05) is 24.9 Å². The van der Waals surface area contributed by atoms with E-state index in [2.05, 4.69) is 4.18 Å². The van der Waals surface area contributed by atoms with Crippen LogP contribution in [0, 0.1) is 0 Å². The molecule has 0 amide bonds. The summed E-state index contributed by atoms with van der Waals surface area (Å²) in [6, 6.07) is 1.38.